The molecule has 1 atom stereocenters. The number of hydrogen-bond acceptors (Lipinski definition) is 10. The topological polar surface area (TPSA) is 139 Å². The lowest BCUT2D eigenvalue weighted by molar-refractivity contribution is 0.216. The van der Waals surface area contributed by atoms with Gasteiger partial charge in [-0.05, 0) is 36.7 Å². The highest BCUT2D eigenvalue weighted by atomic mass is 35.5. The number of pyridine rings is 2. The number of benzene rings is 1. The fourth-order valence-electron chi connectivity index (χ4n) is 5.14. The SMILES string of the molecule is COc1cc2[nH]nc(-c3cnc(N4CC(N)(Cc5ccsn5)C4)c(C#N)c3)c2cc1O[C@H](C)c1c(Cl)cncc1Cl. The number of aromatic amines is 1. The van der Waals surface area contributed by atoms with E-state index in [9.17, 15) is 5.26 Å². The lowest BCUT2D eigenvalue weighted by Gasteiger charge is -2.48. The molecule has 1 aliphatic rings. The zero-order valence-corrected chi connectivity index (χ0v) is 24.4. The average Bonchev–Trinajstić information content (AvgIpc) is 3.60. The smallest absolute Gasteiger partial charge is 0.162 e. The molecule has 0 amide bonds. The number of nitrogens with two attached hydrogens (primary N) is 1. The molecule has 41 heavy (non-hydrogen) atoms. The maximum atomic E-state index is 9.98. The Kier molecular flexibility index (Phi) is 7.17. The molecule has 208 valence electrons. The van der Waals surface area contributed by atoms with Crippen molar-refractivity contribution in [2.24, 2.45) is 5.73 Å². The summed E-state index contributed by atoms with van der Waals surface area (Å²) < 4.78 is 16.2. The first-order chi connectivity index (χ1) is 19.8. The summed E-state index contributed by atoms with van der Waals surface area (Å²) in [5, 5.41) is 21.1. The van der Waals surface area contributed by atoms with Gasteiger partial charge in [-0.3, -0.25) is 10.1 Å². The normalized spacial score (nSPS) is 14.9. The average molecular weight is 608 g/mol. The van der Waals surface area contributed by atoms with Gasteiger partial charge in [0.2, 0.25) is 0 Å². The maximum Gasteiger partial charge on any atom is 0.162 e. The molecule has 0 aliphatic carbocycles. The van der Waals surface area contributed by atoms with E-state index in [0.29, 0.717) is 69.3 Å². The van der Waals surface area contributed by atoms with Gasteiger partial charge in [-0.1, -0.05) is 23.2 Å². The second kappa shape index (κ2) is 10.8. The summed E-state index contributed by atoms with van der Waals surface area (Å²) in [6.45, 7) is 3.01. The summed E-state index contributed by atoms with van der Waals surface area (Å²) in [6.07, 6.45) is 4.95. The number of nitrogens with one attached hydrogen (secondary N) is 1. The van der Waals surface area contributed by atoms with Gasteiger partial charge in [0.1, 0.15) is 23.7 Å². The Morgan fingerprint density at radius 1 is 1.20 bits per heavy atom. The van der Waals surface area contributed by atoms with Crippen molar-refractivity contribution in [3.63, 3.8) is 0 Å². The highest BCUT2D eigenvalue weighted by Gasteiger charge is 2.41. The van der Waals surface area contributed by atoms with Crippen LogP contribution in [0.15, 0.2) is 48.2 Å². The molecule has 0 unspecified atom stereocenters. The second-order valence-corrected chi connectivity index (χ2v) is 11.5. The van der Waals surface area contributed by atoms with Gasteiger partial charge in [-0.15, -0.1) is 0 Å². The molecule has 5 aromatic rings. The Labute approximate surface area is 249 Å². The van der Waals surface area contributed by atoms with Gasteiger partial charge < -0.3 is 20.1 Å². The first-order valence-electron chi connectivity index (χ1n) is 12.6. The third-order valence-corrected chi connectivity index (χ3v) is 8.24. The van der Waals surface area contributed by atoms with Crippen molar-refractivity contribution in [3.05, 3.63) is 75.1 Å². The van der Waals surface area contributed by atoms with Gasteiger partial charge in [-0.25, -0.2) is 4.98 Å². The molecule has 1 fully saturated rings. The lowest BCUT2D eigenvalue weighted by Crippen LogP contribution is -2.69. The van der Waals surface area contributed by atoms with Crippen molar-refractivity contribution in [3.8, 4) is 28.8 Å². The summed E-state index contributed by atoms with van der Waals surface area (Å²) in [7, 11) is 1.56. The Morgan fingerprint density at radius 2 is 1.98 bits per heavy atom. The largest absolute Gasteiger partial charge is 0.493 e. The van der Waals surface area contributed by atoms with E-state index in [-0.39, 0.29) is 0 Å². The molecule has 1 aromatic carbocycles. The second-order valence-electron chi connectivity index (χ2n) is 9.99. The zero-order chi connectivity index (χ0) is 28.7. The summed E-state index contributed by atoms with van der Waals surface area (Å²) in [5.74, 6) is 1.58. The summed E-state index contributed by atoms with van der Waals surface area (Å²) >= 11 is 14.1. The van der Waals surface area contributed by atoms with Crippen LogP contribution in [0.25, 0.3) is 22.2 Å². The number of methoxy groups -OCH3 is 1. The van der Waals surface area contributed by atoms with Crippen LogP contribution in [0.2, 0.25) is 10.0 Å². The highest BCUT2D eigenvalue weighted by Crippen LogP contribution is 2.40. The molecule has 1 saturated heterocycles. The maximum absolute atomic E-state index is 9.98. The third kappa shape index (κ3) is 5.15. The number of nitrogens with zero attached hydrogens (tertiary/aromatic N) is 6. The monoisotopic (exact) mass is 606 g/mol. The molecular formula is C28H24Cl2N8O2S. The van der Waals surface area contributed by atoms with Gasteiger partial charge in [0, 0.05) is 66.1 Å². The van der Waals surface area contributed by atoms with E-state index in [2.05, 4.69) is 30.6 Å². The molecule has 0 spiro atoms. The molecule has 4 aromatic heterocycles. The number of anilines is 1. The minimum Gasteiger partial charge on any atom is -0.493 e. The summed E-state index contributed by atoms with van der Waals surface area (Å²) in [4.78, 5) is 10.7. The molecule has 10 nitrogen and oxygen atoms in total. The molecule has 3 N–H and O–H groups in total. The molecule has 0 saturated carbocycles. The minimum absolute atomic E-state index is 0.404. The van der Waals surface area contributed by atoms with Crippen LogP contribution in [0.5, 0.6) is 11.5 Å². The number of H-pyrrole nitrogens is 1. The first kappa shape index (κ1) is 27.2. The van der Waals surface area contributed by atoms with Crippen LogP contribution in [0, 0.1) is 11.3 Å². The lowest BCUT2D eigenvalue weighted by atomic mass is 9.86. The predicted molar refractivity (Wildman–Crippen MR) is 159 cm³/mol. The van der Waals surface area contributed by atoms with Crippen molar-refractivity contribution in [2.45, 2.75) is 25.0 Å². The van der Waals surface area contributed by atoms with E-state index in [1.807, 2.05) is 29.3 Å². The van der Waals surface area contributed by atoms with Crippen LogP contribution in [-0.2, 0) is 6.42 Å². The predicted octanol–water partition coefficient (Wildman–Crippen LogP) is 5.56. The number of ether oxygens (including phenoxy) is 2. The number of fused-ring (bicyclic) bond motifs is 1. The van der Waals surface area contributed by atoms with E-state index in [1.165, 1.54) is 23.9 Å². The van der Waals surface area contributed by atoms with Crippen molar-refractivity contribution in [2.75, 3.05) is 25.1 Å². The van der Waals surface area contributed by atoms with Crippen LogP contribution >= 0.6 is 34.7 Å². The molecule has 0 radical (unpaired) electrons. The Bertz CT molecular complexity index is 1760. The van der Waals surface area contributed by atoms with Gasteiger partial charge >= 0.3 is 0 Å². The Balaban J connectivity index is 1.29. The first-order valence-corrected chi connectivity index (χ1v) is 14.2. The Morgan fingerprint density at radius 3 is 2.66 bits per heavy atom. The molecule has 13 heteroatoms. The van der Waals surface area contributed by atoms with Gasteiger partial charge in [0.15, 0.2) is 11.5 Å². The highest BCUT2D eigenvalue weighted by molar-refractivity contribution is 7.03. The number of aromatic nitrogens is 5. The summed E-state index contributed by atoms with van der Waals surface area (Å²) in [6, 6.07) is 9.70. The standard InChI is InChI=1S/C28H24Cl2N8O2S/c1-15(25-20(29)11-33-12-21(25)30)40-24-6-19-22(7-23(24)39-2)35-36-26(19)17-5-16(9-31)27(34-10-17)38-13-28(32,14-38)8-18-3-4-41-37-18/h3-7,10-12,15H,8,13-14,32H2,1-2H3,(H,35,36)/t15-/m1/s1. The van der Waals surface area contributed by atoms with Crippen LogP contribution in [0.3, 0.4) is 0 Å². The van der Waals surface area contributed by atoms with E-state index in [4.69, 9.17) is 38.4 Å². The molecule has 6 rings (SSSR count). The van der Waals surface area contributed by atoms with Crippen LogP contribution < -0.4 is 20.1 Å². The molecular weight excluding hydrogens is 583 g/mol. The fraction of sp³-hybridized carbons (Fsp3) is 0.250. The molecule has 1 aliphatic heterocycles. The van der Waals surface area contributed by atoms with Crippen LogP contribution in [0.4, 0.5) is 5.82 Å². The zero-order valence-electron chi connectivity index (χ0n) is 22.1. The van der Waals surface area contributed by atoms with E-state index in [1.54, 1.807) is 25.4 Å². The van der Waals surface area contributed by atoms with Gasteiger partial charge in [-0.2, -0.15) is 14.7 Å². The van der Waals surface area contributed by atoms with Gasteiger partial charge in [0.05, 0.1) is 39.5 Å². The number of halogens is 2. The fourth-order valence-corrected chi connectivity index (χ4v) is 6.35. The van der Waals surface area contributed by atoms with Crippen molar-refractivity contribution < 1.29 is 9.47 Å². The quantitative estimate of drug-likeness (QED) is 0.232. The van der Waals surface area contributed by atoms with Crippen LogP contribution in [-0.4, -0.2) is 50.3 Å². The minimum atomic E-state index is -0.493. The van der Waals surface area contributed by atoms with Gasteiger partial charge in [0.25, 0.3) is 0 Å². The van der Waals surface area contributed by atoms with Crippen molar-refractivity contribution in [1.82, 2.24) is 24.5 Å². The Hall–Kier alpha value is -3.95. The van der Waals surface area contributed by atoms with E-state index >= 15 is 0 Å². The molecule has 0 bridgehead atoms. The van der Waals surface area contributed by atoms with Crippen LogP contribution in [0.1, 0.15) is 29.8 Å². The molecule has 5 heterocycles. The number of nitriles is 1. The van der Waals surface area contributed by atoms with Crippen molar-refractivity contribution in [1.29, 1.82) is 5.26 Å². The number of rotatable bonds is 8. The third-order valence-electron chi connectivity index (χ3n) is 7.04. The van der Waals surface area contributed by atoms with Crippen molar-refractivity contribution >= 4 is 51.5 Å². The number of hydrogen-bond donors (Lipinski definition) is 2. The van der Waals surface area contributed by atoms with E-state index in [0.717, 1.165) is 16.6 Å². The summed E-state index contributed by atoms with van der Waals surface area (Å²) in [5.41, 5.74) is 10.2. The van der Waals surface area contributed by atoms with E-state index < -0.39 is 11.6 Å².